The molecule has 20 unspecified atom stereocenters. The molecule has 0 aromatic carbocycles. The Balaban J connectivity index is 1.21. The maximum Gasteiger partial charge on any atom is 0.312 e. The highest BCUT2D eigenvalue weighted by Gasteiger charge is 2.72. The molecular weight excluding hydrogens is 760 g/mol. The Labute approximate surface area is 339 Å². The van der Waals surface area contributed by atoms with Crippen molar-refractivity contribution in [1.29, 1.82) is 0 Å². The van der Waals surface area contributed by atoms with E-state index in [1.165, 1.54) is 12.5 Å². The number of hydrogen-bond donors (Lipinski definition) is 10. The number of carboxylic acids is 2. The van der Waals surface area contributed by atoms with E-state index in [1.54, 1.807) is 0 Å². The first-order chi connectivity index (χ1) is 27.0. The molecule has 0 bridgehead atoms. The molecule has 10 N–H and O–H groups in total. The van der Waals surface area contributed by atoms with Crippen LogP contribution in [0, 0.1) is 50.2 Å². The molecule has 0 aromatic heterocycles. The average Bonchev–Trinajstić information content (AvgIpc) is 3.15. The lowest BCUT2D eigenvalue weighted by Crippen LogP contribution is -2.70. The number of carbonyl (C=O) groups is 2. The van der Waals surface area contributed by atoms with Crippen molar-refractivity contribution in [1.82, 2.24) is 0 Å². The van der Waals surface area contributed by atoms with Gasteiger partial charge < -0.3 is 70.0 Å². The zero-order valence-electron chi connectivity index (χ0n) is 34.4. The van der Waals surface area contributed by atoms with Crippen molar-refractivity contribution in [2.24, 2.45) is 50.2 Å². The van der Waals surface area contributed by atoms with E-state index in [0.29, 0.717) is 38.5 Å². The average molecular weight is 827 g/mol. The summed E-state index contributed by atoms with van der Waals surface area (Å²) in [6, 6.07) is 0. The van der Waals surface area contributed by atoms with Crippen LogP contribution in [-0.4, -0.2) is 150 Å². The lowest BCUT2D eigenvalue weighted by molar-refractivity contribution is -0.382. The molecule has 0 spiro atoms. The molecule has 16 heteroatoms. The molecule has 2 saturated heterocycles. The summed E-state index contributed by atoms with van der Waals surface area (Å²) in [5.74, 6) is -2.70. The van der Waals surface area contributed by atoms with Crippen molar-refractivity contribution in [2.75, 3.05) is 13.2 Å². The summed E-state index contributed by atoms with van der Waals surface area (Å²) in [6.45, 7) is 11.0. The predicted molar refractivity (Wildman–Crippen MR) is 201 cm³/mol. The van der Waals surface area contributed by atoms with Gasteiger partial charge in [-0.3, -0.25) is 9.59 Å². The monoisotopic (exact) mass is 826 g/mol. The van der Waals surface area contributed by atoms with Gasteiger partial charge in [-0.15, -0.1) is 0 Å². The Bertz CT molecular complexity index is 1620. The molecule has 0 aromatic rings. The molecule has 0 radical (unpaired) electrons. The van der Waals surface area contributed by atoms with Crippen LogP contribution in [0.5, 0.6) is 0 Å². The van der Waals surface area contributed by atoms with Gasteiger partial charge in [-0.05, 0) is 104 Å². The highest BCUT2D eigenvalue weighted by molar-refractivity contribution is 5.77. The van der Waals surface area contributed by atoms with Crippen LogP contribution in [0.1, 0.15) is 99.3 Å². The number of aliphatic hydroxyl groups excluding tert-OH is 8. The number of allylic oxidation sites excluding steroid dienone is 2. The van der Waals surface area contributed by atoms with Crippen LogP contribution in [0.25, 0.3) is 0 Å². The smallest absolute Gasteiger partial charge is 0.312 e. The zero-order valence-corrected chi connectivity index (χ0v) is 34.4. The molecule has 6 fully saturated rings. The number of aliphatic hydroxyl groups is 8. The largest absolute Gasteiger partial charge is 0.481 e. The van der Waals surface area contributed by atoms with Crippen molar-refractivity contribution in [3.05, 3.63) is 11.6 Å². The van der Waals surface area contributed by atoms with Crippen molar-refractivity contribution in [2.45, 2.75) is 173 Å². The SMILES string of the molecule is CC1(C)CCC2(C(=O)O)CCC3(C)C(=CCC4C5(C)CC(O)C(OC6OC(CO)C(O)C(O)C6OC6OC(CO)C(O)C(O)C6O)C(C)(C(=O)O)C5CCC43C)C2C1. The van der Waals surface area contributed by atoms with E-state index in [0.717, 1.165) is 12.8 Å². The van der Waals surface area contributed by atoms with Crippen LogP contribution in [0.15, 0.2) is 11.6 Å². The molecule has 2 heterocycles. The fraction of sp³-hybridized carbons (Fsp3) is 0.905. The highest BCUT2D eigenvalue weighted by Crippen LogP contribution is 2.76. The first-order valence-electron chi connectivity index (χ1n) is 21.1. The van der Waals surface area contributed by atoms with Crippen molar-refractivity contribution in [3.63, 3.8) is 0 Å². The molecule has 2 aliphatic heterocycles. The van der Waals surface area contributed by atoms with Gasteiger partial charge in [-0.1, -0.05) is 46.3 Å². The standard InChI is InChI=1S/C42H66O16/c1-37(2)11-13-42(36(53)54)14-12-39(4)19(20(42)15-37)7-8-24-38(3)16-21(45)32(41(6,35(51)52)25(38)9-10-40(24,39)5)58-34-31(29(49)27(47)23(18-44)56-34)57-33-30(50)28(48)26(46)22(17-43)55-33/h7,20-34,43-50H,8-18H2,1-6H3,(H,51,52)(H,53,54). The van der Waals surface area contributed by atoms with E-state index in [-0.39, 0.29) is 34.5 Å². The maximum atomic E-state index is 13.7. The van der Waals surface area contributed by atoms with Crippen LogP contribution in [0.3, 0.4) is 0 Å². The van der Waals surface area contributed by atoms with Gasteiger partial charge >= 0.3 is 11.9 Å². The Kier molecular flexibility index (Phi) is 11.4. The van der Waals surface area contributed by atoms with Gasteiger partial charge in [0.05, 0.1) is 30.1 Å². The van der Waals surface area contributed by atoms with Gasteiger partial charge in [0.15, 0.2) is 12.6 Å². The molecule has 0 amide bonds. The number of rotatable bonds is 8. The third kappa shape index (κ3) is 6.29. The molecule has 330 valence electrons. The normalized spacial score (nSPS) is 53.9. The summed E-state index contributed by atoms with van der Waals surface area (Å²) in [7, 11) is 0. The summed E-state index contributed by atoms with van der Waals surface area (Å²) in [5, 5.41) is 107. The van der Waals surface area contributed by atoms with Gasteiger partial charge in [0.25, 0.3) is 0 Å². The molecule has 20 atom stereocenters. The van der Waals surface area contributed by atoms with E-state index in [9.17, 15) is 60.7 Å². The third-order valence-electron chi connectivity index (χ3n) is 17.3. The minimum absolute atomic E-state index is 0.0118. The van der Waals surface area contributed by atoms with Crippen LogP contribution < -0.4 is 0 Å². The second-order valence-electron chi connectivity index (χ2n) is 20.6. The number of aliphatic carboxylic acids is 2. The topological polar surface area (TPSA) is 273 Å². The zero-order chi connectivity index (χ0) is 42.7. The molecule has 4 saturated carbocycles. The Morgan fingerprint density at radius 2 is 1.31 bits per heavy atom. The minimum Gasteiger partial charge on any atom is -0.481 e. The van der Waals surface area contributed by atoms with Gasteiger partial charge in [-0.25, -0.2) is 0 Å². The number of ether oxygens (including phenoxy) is 4. The van der Waals surface area contributed by atoms with Crippen LogP contribution >= 0.6 is 0 Å². The lowest BCUT2D eigenvalue weighted by Gasteiger charge is -2.71. The lowest BCUT2D eigenvalue weighted by atomic mass is 9.33. The van der Waals surface area contributed by atoms with Gasteiger partial charge in [0.1, 0.15) is 54.9 Å². The van der Waals surface area contributed by atoms with Crippen molar-refractivity contribution >= 4 is 11.9 Å². The fourth-order valence-corrected chi connectivity index (χ4v) is 13.7. The van der Waals surface area contributed by atoms with Gasteiger partial charge in [-0.2, -0.15) is 0 Å². The van der Waals surface area contributed by atoms with Crippen molar-refractivity contribution < 1.29 is 79.6 Å². The molecule has 16 nitrogen and oxygen atoms in total. The summed E-state index contributed by atoms with van der Waals surface area (Å²) in [6.07, 6.45) is -12.5. The molecule has 5 aliphatic carbocycles. The summed E-state index contributed by atoms with van der Waals surface area (Å²) in [5.41, 5.74) is -2.82. The molecular formula is C42H66O16. The minimum atomic E-state index is -1.90. The predicted octanol–water partition coefficient (Wildman–Crippen LogP) is 0.918. The first kappa shape index (κ1) is 44.3. The Hall–Kier alpha value is -1.80. The maximum absolute atomic E-state index is 13.7. The quantitative estimate of drug-likeness (QED) is 0.120. The highest BCUT2D eigenvalue weighted by atomic mass is 16.8. The first-order valence-corrected chi connectivity index (χ1v) is 21.1. The summed E-state index contributed by atoms with van der Waals surface area (Å²) in [4.78, 5) is 26.8. The van der Waals surface area contributed by atoms with E-state index >= 15 is 0 Å². The van der Waals surface area contributed by atoms with Gasteiger partial charge in [0.2, 0.25) is 0 Å². The Morgan fingerprint density at radius 3 is 1.91 bits per heavy atom. The number of fused-ring (bicyclic) bond motifs is 7. The second-order valence-corrected chi connectivity index (χ2v) is 20.6. The van der Waals surface area contributed by atoms with E-state index in [2.05, 4.69) is 40.7 Å². The van der Waals surface area contributed by atoms with Crippen LogP contribution in [-0.2, 0) is 28.5 Å². The number of carboxylic acid groups (broad SMARTS) is 2. The second kappa shape index (κ2) is 14.9. The van der Waals surface area contributed by atoms with Gasteiger partial charge in [0, 0.05) is 0 Å². The van der Waals surface area contributed by atoms with E-state index in [4.69, 9.17) is 18.9 Å². The molecule has 58 heavy (non-hydrogen) atoms. The number of hydrogen-bond acceptors (Lipinski definition) is 14. The van der Waals surface area contributed by atoms with Crippen molar-refractivity contribution in [3.8, 4) is 0 Å². The summed E-state index contributed by atoms with van der Waals surface area (Å²) < 4.78 is 23.7. The summed E-state index contributed by atoms with van der Waals surface area (Å²) >= 11 is 0. The van der Waals surface area contributed by atoms with E-state index in [1.807, 2.05) is 0 Å². The van der Waals surface area contributed by atoms with Crippen LogP contribution in [0.4, 0.5) is 0 Å². The van der Waals surface area contributed by atoms with Crippen LogP contribution in [0.2, 0.25) is 0 Å². The molecule has 7 rings (SSSR count). The Morgan fingerprint density at radius 1 is 0.707 bits per heavy atom. The van der Waals surface area contributed by atoms with E-state index < -0.39 is 121 Å². The third-order valence-corrected chi connectivity index (χ3v) is 17.3. The molecule has 7 aliphatic rings. The fourth-order valence-electron chi connectivity index (χ4n) is 13.7.